The van der Waals surface area contributed by atoms with E-state index in [4.69, 9.17) is 24.5 Å². The molecule has 3 N–H and O–H groups in total. The van der Waals surface area contributed by atoms with Crippen LogP contribution in [0.4, 0.5) is 5.82 Å². The molecule has 3 atom stereocenters. The van der Waals surface area contributed by atoms with Gasteiger partial charge in [0.05, 0.1) is 31.7 Å². The van der Waals surface area contributed by atoms with Crippen LogP contribution in [0.5, 0.6) is 0 Å². The van der Waals surface area contributed by atoms with Gasteiger partial charge in [-0.2, -0.15) is 0 Å². The van der Waals surface area contributed by atoms with Crippen LogP contribution >= 0.6 is 7.52 Å². The van der Waals surface area contributed by atoms with Crippen molar-refractivity contribution in [2.75, 3.05) is 18.7 Å². The monoisotopic (exact) mass is 542 g/mol. The van der Waals surface area contributed by atoms with Crippen molar-refractivity contribution in [2.45, 2.75) is 91.7 Å². The zero-order valence-electron chi connectivity index (χ0n) is 22.6. The number of carbonyl (C=O) groups excluding carboxylic acids is 2. The van der Waals surface area contributed by atoms with Gasteiger partial charge in [0.2, 0.25) is 0 Å². The number of carbonyl (C=O) groups is 2. The molecule has 2 aromatic heterocycles. The number of nitrogens with one attached hydrogen (secondary N) is 1. The highest BCUT2D eigenvalue weighted by Gasteiger charge is 2.40. The first-order valence-electron chi connectivity index (χ1n) is 12.3. The molecule has 0 saturated heterocycles. The largest absolute Gasteiger partial charge is 0.464 e. The van der Waals surface area contributed by atoms with Crippen LogP contribution in [0.3, 0.4) is 0 Å². The van der Waals surface area contributed by atoms with Gasteiger partial charge in [0.15, 0.2) is 17.6 Å². The lowest BCUT2D eigenvalue weighted by Gasteiger charge is -2.31. The summed E-state index contributed by atoms with van der Waals surface area (Å²) in [5.74, 6) is -1.03. The first-order chi connectivity index (χ1) is 17.3. The van der Waals surface area contributed by atoms with E-state index in [1.807, 2.05) is 6.92 Å². The molecule has 2 rings (SSSR count). The Morgan fingerprint density at radius 2 is 1.89 bits per heavy atom. The predicted molar refractivity (Wildman–Crippen MR) is 138 cm³/mol. The van der Waals surface area contributed by atoms with Crippen LogP contribution in [0.25, 0.3) is 11.2 Å². The van der Waals surface area contributed by atoms with E-state index in [1.54, 1.807) is 31.7 Å². The summed E-state index contributed by atoms with van der Waals surface area (Å²) in [4.78, 5) is 37.4. The van der Waals surface area contributed by atoms with Gasteiger partial charge in [0.25, 0.3) is 7.52 Å². The molecule has 0 saturated carbocycles. The molecule has 208 valence electrons. The predicted octanol–water partition coefficient (Wildman–Crippen LogP) is 3.03. The summed E-state index contributed by atoms with van der Waals surface area (Å²) in [6.45, 7) is 12.2. The third kappa shape index (κ3) is 9.03. The molecular weight excluding hydrogens is 503 g/mol. The van der Waals surface area contributed by atoms with Crippen molar-refractivity contribution in [1.82, 2.24) is 24.6 Å². The highest BCUT2D eigenvalue weighted by Crippen LogP contribution is 2.46. The average Bonchev–Trinajstić information content (AvgIpc) is 3.21. The van der Waals surface area contributed by atoms with Crippen molar-refractivity contribution in [1.29, 1.82) is 0 Å². The molecule has 0 aromatic carbocycles. The number of esters is 2. The smallest absolute Gasteiger partial charge is 0.335 e. The first-order valence-corrected chi connectivity index (χ1v) is 14.1. The minimum atomic E-state index is -3.93. The Labute approximate surface area is 217 Å². The Hall–Kier alpha value is -2.60. The molecule has 0 aliphatic carbocycles. The van der Waals surface area contributed by atoms with Crippen molar-refractivity contribution >= 4 is 36.4 Å². The summed E-state index contributed by atoms with van der Waals surface area (Å²) in [6.07, 6.45) is 1.99. The topological polar surface area (TPSA) is 170 Å². The van der Waals surface area contributed by atoms with Gasteiger partial charge in [-0.05, 0) is 48.0 Å². The number of imidazole rings is 1. The van der Waals surface area contributed by atoms with E-state index < -0.39 is 43.6 Å². The molecule has 0 spiro atoms. The fourth-order valence-electron chi connectivity index (χ4n) is 3.26. The van der Waals surface area contributed by atoms with E-state index >= 15 is 0 Å². The fourth-order valence-corrected chi connectivity index (χ4v) is 5.43. The molecule has 14 heteroatoms. The van der Waals surface area contributed by atoms with Gasteiger partial charge in [0.1, 0.15) is 23.7 Å². The highest BCUT2D eigenvalue weighted by atomic mass is 31.2. The van der Waals surface area contributed by atoms with E-state index in [0.717, 1.165) is 6.42 Å². The van der Waals surface area contributed by atoms with Crippen molar-refractivity contribution in [3.63, 3.8) is 0 Å². The Kier molecular flexibility index (Phi) is 11.0. The lowest BCUT2D eigenvalue weighted by atomic mass is 10.1. The average molecular weight is 543 g/mol. The molecule has 0 unspecified atom stereocenters. The summed E-state index contributed by atoms with van der Waals surface area (Å²) >= 11 is 0. The van der Waals surface area contributed by atoms with Gasteiger partial charge in [0, 0.05) is 0 Å². The van der Waals surface area contributed by atoms with Crippen LogP contribution in [0.1, 0.15) is 61.3 Å². The number of fused-ring (bicyclic) bond motifs is 1. The second-order valence-electron chi connectivity index (χ2n) is 9.57. The number of nitrogens with two attached hydrogens (primary N) is 1. The van der Waals surface area contributed by atoms with E-state index in [1.165, 1.54) is 27.1 Å². The van der Waals surface area contributed by atoms with Crippen LogP contribution in [-0.2, 0) is 39.4 Å². The number of unbranched alkanes of at least 4 members (excludes halogenated alkanes) is 1. The quantitative estimate of drug-likeness (QED) is 0.192. The summed E-state index contributed by atoms with van der Waals surface area (Å²) in [7, 11) is -3.93. The second-order valence-corrected chi connectivity index (χ2v) is 11.6. The van der Waals surface area contributed by atoms with E-state index in [-0.39, 0.29) is 18.5 Å². The molecule has 13 nitrogen and oxygen atoms in total. The molecule has 2 aromatic rings. The minimum Gasteiger partial charge on any atom is -0.464 e. The molecular formula is C23H39N6O7P. The Bertz CT molecular complexity index is 1110. The Morgan fingerprint density at radius 1 is 1.19 bits per heavy atom. The Balaban J connectivity index is 2.16. The molecule has 0 aliphatic heterocycles. The maximum absolute atomic E-state index is 13.9. The number of hydrogen-bond acceptors (Lipinski definition) is 11. The third-order valence-electron chi connectivity index (χ3n) is 5.12. The maximum Gasteiger partial charge on any atom is 0.335 e. The zero-order chi connectivity index (χ0) is 27.8. The molecule has 0 amide bonds. The van der Waals surface area contributed by atoms with Crippen molar-refractivity contribution in [3.05, 3.63) is 12.7 Å². The van der Waals surface area contributed by atoms with Gasteiger partial charge < -0.3 is 29.0 Å². The maximum atomic E-state index is 13.9. The standard InChI is InChI=1S/C23H39N6O7P/c1-8-9-10-33-22(31)23(6,7)28-37(32,36-17(5)21(30)35-15(2)3)14-34-16(4)11-29-13-27-18-19(24)25-12-26-20(18)29/h12-13,15-17H,8-11,14H2,1-7H3,(H,28,32)(H2,24,25,26)/t16-,17+,37-/m1/s1. The van der Waals surface area contributed by atoms with Gasteiger partial charge in [-0.25, -0.2) is 24.8 Å². The van der Waals surface area contributed by atoms with Gasteiger partial charge in [-0.1, -0.05) is 13.3 Å². The molecule has 0 radical (unpaired) electrons. The summed E-state index contributed by atoms with van der Waals surface area (Å²) in [5.41, 5.74) is 5.45. The lowest BCUT2D eigenvalue weighted by Crippen LogP contribution is -2.47. The van der Waals surface area contributed by atoms with Gasteiger partial charge >= 0.3 is 11.9 Å². The summed E-state index contributed by atoms with van der Waals surface area (Å²) in [6, 6.07) is 0. The van der Waals surface area contributed by atoms with Crippen molar-refractivity contribution < 1.29 is 32.9 Å². The van der Waals surface area contributed by atoms with E-state index in [0.29, 0.717) is 24.1 Å². The minimum absolute atomic E-state index is 0.239. The molecule has 37 heavy (non-hydrogen) atoms. The number of hydrogen-bond donors (Lipinski definition) is 2. The Morgan fingerprint density at radius 3 is 2.54 bits per heavy atom. The fraction of sp³-hybridized carbons (Fsp3) is 0.696. The molecule has 2 heterocycles. The number of aromatic nitrogens is 4. The zero-order valence-corrected chi connectivity index (χ0v) is 23.5. The van der Waals surface area contributed by atoms with Crippen molar-refractivity contribution in [2.24, 2.45) is 0 Å². The van der Waals surface area contributed by atoms with Crippen LogP contribution in [0, 0.1) is 0 Å². The number of ether oxygens (including phenoxy) is 3. The SMILES string of the molecule is CCCCOC(=O)C(C)(C)N[P@@](=O)(CO[C@H](C)Cn1cnc2c(N)ncnc21)O[C@@H](C)C(=O)OC(C)C. The molecule has 0 aliphatic rings. The number of anilines is 1. The number of nitrogen functional groups attached to an aromatic ring is 1. The van der Waals surface area contributed by atoms with Crippen LogP contribution in [0.15, 0.2) is 12.7 Å². The highest BCUT2D eigenvalue weighted by molar-refractivity contribution is 7.56. The second kappa shape index (κ2) is 13.3. The first kappa shape index (κ1) is 30.6. The van der Waals surface area contributed by atoms with E-state index in [2.05, 4.69) is 20.0 Å². The van der Waals surface area contributed by atoms with E-state index in [9.17, 15) is 14.2 Å². The van der Waals surface area contributed by atoms with Crippen LogP contribution in [0.2, 0.25) is 0 Å². The van der Waals surface area contributed by atoms with Crippen LogP contribution < -0.4 is 10.8 Å². The van der Waals surface area contributed by atoms with Gasteiger partial charge in [-0.3, -0.25) is 9.36 Å². The van der Waals surface area contributed by atoms with Gasteiger partial charge in [-0.15, -0.1) is 0 Å². The molecule has 0 bridgehead atoms. The van der Waals surface area contributed by atoms with Crippen LogP contribution in [-0.4, -0.2) is 68.3 Å². The molecule has 0 fully saturated rings. The normalized spacial score (nSPS) is 15.4. The lowest BCUT2D eigenvalue weighted by molar-refractivity contribution is -0.155. The summed E-state index contributed by atoms with van der Waals surface area (Å²) < 4.78 is 37.6. The summed E-state index contributed by atoms with van der Waals surface area (Å²) in [5, 5.41) is 2.76. The number of rotatable bonds is 15. The third-order valence-corrected chi connectivity index (χ3v) is 7.16. The number of nitrogens with zero attached hydrogens (tertiary/aromatic N) is 4. The van der Waals surface area contributed by atoms with Crippen molar-refractivity contribution in [3.8, 4) is 0 Å².